The fourth-order valence-electron chi connectivity index (χ4n) is 1.43. The predicted molar refractivity (Wildman–Crippen MR) is 68.8 cm³/mol. The van der Waals surface area contributed by atoms with Gasteiger partial charge in [0.05, 0.1) is 5.02 Å². The second kappa shape index (κ2) is 6.26. The molecule has 0 spiro atoms. The van der Waals surface area contributed by atoms with Crippen LogP contribution in [0.5, 0.6) is 11.5 Å². The molecule has 94 valence electrons. The number of halogens is 2. The van der Waals surface area contributed by atoms with Gasteiger partial charge < -0.3 is 9.47 Å². The Hall–Kier alpha value is -1.74. The Kier molecular flexibility index (Phi) is 4.42. The van der Waals surface area contributed by atoms with E-state index in [-0.39, 0.29) is 18.2 Å². The van der Waals surface area contributed by atoms with E-state index in [1.165, 1.54) is 6.07 Å². The Balaban J connectivity index is 1.80. The van der Waals surface area contributed by atoms with Gasteiger partial charge >= 0.3 is 0 Å². The third kappa shape index (κ3) is 3.37. The van der Waals surface area contributed by atoms with Gasteiger partial charge in [-0.15, -0.1) is 0 Å². The molecule has 0 aliphatic carbocycles. The number of ether oxygens (including phenoxy) is 2. The van der Waals surface area contributed by atoms with Crippen LogP contribution in [0.4, 0.5) is 4.39 Å². The molecule has 0 unspecified atom stereocenters. The number of hydrogen-bond donors (Lipinski definition) is 0. The van der Waals surface area contributed by atoms with Crippen LogP contribution in [0.2, 0.25) is 5.02 Å². The van der Waals surface area contributed by atoms with E-state index in [4.69, 9.17) is 21.1 Å². The molecule has 0 N–H and O–H groups in total. The van der Waals surface area contributed by atoms with Gasteiger partial charge in [0.1, 0.15) is 19.0 Å². The minimum absolute atomic E-state index is 0.222. The van der Waals surface area contributed by atoms with Crippen LogP contribution in [0.3, 0.4) is 0 Å². The standard InChI is InChI=1S/C14H12ClFO2/c15-11-5-1-3-7-13(11)17-9-10-18-14-8-4-2-6-12(14)16/h1-8H,9-10H2. The van der Waals surface area contributed by atoms with Gasteiger partial charge in [-0.05, 0) is 24.3 Å². The molecule has 18 heavy (non-hydrogen) atoms. The minimum atomic E-state index is -0.379. The molecule has 2 aromatic carbocycles. The second-order valence-electron chi connectivity index (χ2n) is 3.56. The van der Waals surface area contributed by atoms with E-state index in [9.17, 15) is 4.39 Å². The average molecular weight is 267 g/mol. The van der Waals surface area contributed by atoms with E-state index in [1.54, 1.807) is 30.3 Å². The smallest absolute Gasteiger partial charge is 0.165 e. The van der Waals surface area contributed by atoms with Crippen molar-refractivity contribution in [3.8, 4) is 11.5 Å². The topological polar surface area (TPSA) is 18.5 Å². The van der Waals surface area contributed by atoms with Gasteiger partial charge in [0.25, 0.3) is 0 Å². The summed E-state index contributed by atoms with van der Waals surface area (Å²) in [6, 6.07) is 13.4. The van der Waals surface area contributed by atoms with Crippen molar-refractivity contribution in [1.82, 2.24) is 0 Å². The Labute approximate surface area is 110 Å². The van der Waals surface area contributed by atoms with Crippen LogP contribution in [0, 0.1) is 5.82 Å². The van der Waals surface area contributed by atoms with E-state index < -0.39 is 0 Å². The van der Waals surface area contributed by atoms with Crippen LogP contribution in [0.1, 0.15) is 0 Å². The van der Waals surface area contributed by atoms with Gasteiger partial charge in [0.15, 0.2) is 11.6 Å². The van der Waals surface area contributed by atoms with Crippen LogP contribution < -0.4 is 9.47 Å². The maximum Gasteiger partial charge on any atom is 0.165 e. The summed E-state index contributed by atoms with van der Waals surface area (Å²) in [6.07, 6.45) is 0. The SMILES string of the molecule is Fc1ccccc1OCCOc1ccccc1Cl. The molecular weight excluding hydrogens is 255 g/mol. The normalized spacial score (nSPS) is 10.1. The maximum absolute atomic E-state index is 13.2. The third-order valence-electron chi connectivity index (χ3n) is 2.27. The maximum atomic E-state index is 13.2. The zero-order chi connectivity index (χ0) is 12.8. The van der Waals surface area contributed by atoms with Crippen molar-refractivity contribution in [3.63, 3.8) is 0 Å². The van der Waals surface area contributed by atoms with Crippen molar-refractivity contribution in [2.45, 2.75) is 0 Å². The van der Waals surface area contributed by atoms with Gasteiger partial charge in [-0.25, -0.2) is 4.39 Å². The Morgan fingerprint density at radius 3 is 2.06 bits per heavy atom. The highest BCUT2D eigenvalue weighted by Gasteiger charge is 2.02. The lowest BCUT2D eigenvalue weighted by Gasteiger charge is -2.09. The van der Waals surface area contributed by atoms with E-state index >= 15 is 0 Å². The van der Waals surface area contributed by atoms with Crippen molar-refractivity contribution in [3.05, 3.63) is 59.4 Å². The summed E-state index contributed by atoms with van der Waals surface area (Å²) in [7, 11) is 0. The lowest BCUT2D eigenvalue weighted by Crippen LogP contribution is -2.09. The zero-order valence-corrected chi connectivity index (χ0v) is 10.4. The molecule has 0 aliphatic rings. The zero-order valence-electron chi connectivity index (χ0n) is 9.61. The first-order chi connectivity index (χ1) is 8.77. The molecule has 0 saturated carbocycles. The van der Waals surface area contributed by atoms with Crippen LogP contribution in [-0.4, -0.2) is 13.2 Å². The monoisotopic (exact) mass is 266 g/mol. The highest BCUT2D eigenvalue weighted by molar-refractivity contribution is 6.32. The molecule has 2 aromatic rings. The molecule has 0 heterocycles. The molecule has 0 aromatic heterocycles. The molecule has 0 saturated heterocycles. The van der Waals surface area contributed by atoms with Gasteiger partial charge in [0.2, 0.25) is 0 Å². The summed E-state index contributed by atoms with van der Waals surface area (Å²) in [6.45, 7) is 0.560. The summed E-state index contributed by atoms with van der Waals surface area (Å²) < 4.78 is 23.9. The summed E-state index contributed by atoms with van der Waals surface area (Å²) in [5.74, 6) is 0.437. The fraction of sp³-hybridized carbons (Fsp3) is 0.143. The van der Waals surface area contributed by atoms with E-state index in [2.05, 4.69) is 0 Å². The molecule has 0 atom stereocenters. The summed E-state index contributed by atoms with van der Waals surface area (Å²) >= 11 is 5.92. The predicted octanol–water partition coefficient (Wildman–Crippen LogP) is 3.94. The van der Waals surface area contributed by atoms with Crippen LogP contribution in [0.25, 0.3) is 0 Å². The minimum Gasteiger partial charge on any atom is -0.488 e. The number of rotatable bonds is 5. The Morgan fingerprint density at radius 1 is 0.833 bits per heavy atom. The fourth-order valence-corrected chi connectivity index (χ4v) is 1.62. The molecule has 0 radical (unpaired) electrons. The quantitative estimate of drug-likeness (QED) is 0.763. The molecule has 0 aliphatic heterocycles. The largest absolute Gasteiger partial charge is 0.488 e. The lowest BCUT2D eigenvalue weighted by atomic mass is 10.3. The molecule has 0 fully saturated rings. The van der Waals surface area contributed by atoms with Gasteiger partial charge in [0, 0.05) is 0 Å². The lowest BCUT2D eigenvalue weighted by molar-refractivity contribution is 0.211. The number of hydrogen-bond acceptors (Lipinski definition) is 2. The Morgan fingerprint density at radius 2 is 1.39 bits per heavy atom. The van der Waals surface area contributed by atoms with Crippen molar-refractivity contribution in [2.75, 3.05) is 13.2 Å². The summed E-state index contributed by atoms with van der Waals surface area (Å²) in [5, 5.41) is 0.545. The van der Waals surface area contributed by atoms with Crippen LogP contribution in [0.15, 0.2) is 48.5 Å². The van der Waals surface area contributed by atoms with Crippen molar-refractivity contribution in [1.29, 1.82) is 0 Å². The second-order valence-corrected chi connectivity index (χ2v) is 3.96. The van der Waals surface area contributed by atoms with Crippen molar-refractivity contribution >= 4 is 11.6 Å². The first kappa shape index (κ1) is 12.7. The van der Waals surface area contributed by atoms with Crippen LogP contribution in [-0.2, 0) is 0 Å². The number of para-hydroxylation sites is 2. The summed E-state index contributed by atoms with van der Waals surface area (Å²) in [5.41, 5.74) is 0. The van der Waals surface area contributed by atoms with Gasteiger partial charge in [-0.2, -0.15) is 0 Å². The molecule has 4 heteroatoms. The average Bonchev–Trinajstić information content (AvgIpc) is 2.38. The highest BCUT2D eigenvalue weighted by Crippen LogP contribution is 2.23. The highest BCUT2D eigenvalue weighted by atomic mass is 35.5. The molecule has 2 rings (SSSR count). The summed E-state index contributed by atoms with van der Waals surface area (Å²) in [4.78, 5) is 0. The van der Waals surface area contributed by atoms with E-state index in [1.807, 2.05) is 12.1 Å². The molecule has 0 amide bonds. The van der Waals surface area contributed by atoms with Crippen molar-refractivity contribution < 1.29 is 13.9 Å². The van der Waals surface area contributed by atoms with E-state index in [0.717, 1.165) is 0 Å². The third-order valence-corrected chi connectivity index (χ3v) is 2.58. The first-order valence-electron chi connectivity index (χ1n) is 5.52. The van der Waals surface area contributed by atoms with E-state index in [0.29, 0.717) is 17.4 Å². The van der Waals surface area contributed by atoms with Crippen molar-refractivity contribution in [2.24, 2.45) is 0 Å². The van der Waals surface area contributed by atoms with Gasteiger partial charge in [-0.1, -0.05) is 35.9 Å². The molecular formula is C14H12ClFO2. The number of benzene rings is 2. The molecule has 0 bridgehead atoms. The van der Waals surface area contributed by atoms with Crippen LogP contribution >= 0.6 is 11.6 Å². The Bertz CT molecular complexity index is 469. The molecule has 2 nitrogen and oxygen atoms in total. The first-order valence-corrected chi connectivity index (χ1v) is 5.90. The van der Waals surface area contributed by atoms with Gasteiger partial charge in [-0.3, -0.25) is 0 Å².